The van der Waals surface area contributed by atoms with Gasteiger partial charge in [-0.1, -0.05) is 23.7 Å². The van der Waals surface area contributed by atoms with Crippen molar-refractivity contribution in [1.29, 1.82) is 0 Å². The molecule has 0 fully saturated rings. The lowest BCUT2D eigenvalue weighted by atomic mass is 10.0. The van der Waals surface area contributed by atoms with Crippen molar-refractivity contribution in [3.8, 4) is 5.75 Å². The highest BCUT2D eigenvalue weighted by molar-refractivity contribution is 7.13. The number of benzene rings is 1. The van der Waals surface area contributed by atoms with E-state index in [1.165, 1.54) is 20.9 Å². The monoisotopic (exact) mass is 463 g/mol. The molecule has 2 aliphatic rings. The van der Waals surface area contributed by atoms with Crippen LogP contribution < -0.4 is 4.74 Å². The zero-order chi connectivity index (χ0) is 21.1. The van der Waals surface area contributed by atoms with Gasteiger partial charge in [-0.2, -0.15) is 0 Å². The molecule has 1 N–H and O–H groups in total. The number of allylic oxidation sites excluding steroid dienone is 4. The second-order valence-electron chi connectivity index (χ2n) is 7.56. The summed E-state index contributed by atoms with van der Waals surface area (Å²) >= 11 is 14.4. The average Bonchev–Trinajstić information content (AvgIpc) is 3.07. The fraction of sp³-hybridized carbons (Fsp3) is 0.348. The van der Waals surface area contributed by atoms with Crippen LogP contribution in [0.5, 0.6) is 5.75 Å². The van der Waals surface area contributed by atoms with Crippen molar-refractivity contribution >= 4 is 46.1 Å². The van der Waals surface area contributed by atoms with Crippen molar-refractivity contribution in [3.63, 3.8) is 0 Å². The van der Waals surface area contributed by atoms with Gasteiger partial charge in [-0.3, -0.25) is 4.90 Å². The van der Waals surface area contributed by atoms with E-state index >= 15 is 0 Å². The van der Waals surface area contributed by atoms with Crippen molar-refractivity contribution in [2.45, 2.75) is 31.2 Å². The molecule has 0 spiro atoms. The number of hydrogen-bond acceptors (Lipinski definition) is 4. The summed E-state index contributed by atoms with van der Waals surface area (Å²) in [5, 5.41) is 9.53. The number of nitrogens with zero attached hydrogens (tertiary/aromatic N) is 1. The third kappa shape index (κ3) is 5.27. The van der Waals surface area contributed by atoms with Crippen LogP contribution in [0, 0.1) is 0 Å². The number of ether oxygens (including phenoxy) is 1. The largest absolute Gasteiger partial charge is 0.482 e. The molecule has 4 nitrogen and oxygen atoms in total. The predicted octanol–water partition coefficient (Wildman–Crippen LogP) is 5.33. The minimum atomic E-state index is -0.963. The van der Waals surface area contributed by atoms with Crippen LogP contribution in [-0.4, -0.2) is 41.0 Å². The van der Waals surface area contributed by atoms with E-state index in [0.717, 1.165) is 43.1 Å². The van der Waals surface area contributed by atoms with Gasteiger partial charge in [-0.25, -0.2) is 4.79 Å². The molecule has 4 rings (SSSR count). The minimum absolute atomic E-state index is 0.0702. The number of alkyl halides is 1. The fourth-order valence-electron chi connectivity index (χ4n) is 3.85. The predicted molar refractivity (Wildman–Crippen MR) is 123 cm³/mol. The summed E-state index contributed by atoms with van der Waals surface area (Å²) < 4.78 is 5.33. The summed E-state index contributed by atoms with van der Waals surface area (Å²) in [6.45, 7) is 2.56. The smallest absolute Gasteiger partial charge is 0.341 e. The van der Waals surface area contributed by atoms with Gasteiger partial charge in [0.05, 0.1) is 5.38 Å². The molecule has 0 unspecified atom stereocenters. The maximum Gasteiger partial charge on any atom is 0.341 e. The van der Waals surface area contributed by atoms with E-state index < -0.39 is 5.97 Å². The molecule has 1 aliphatic carbocycles. The first-order chi connectivity index (χ1) is 14.5. The number of hydrogen-bond donors (Lipinski definition) is 1. The zero-order valence-corrected chi connectivity index (χ0v) is 18.8. The summed E-state index contributed by atoms with van der Waals surface area (Å²) in [5.41, 5.74) is 3.70. The molecule has 158 valence electrons. The lowest BCUT2D eigenvalue weighted by molar-refractivity contribution is -0.139. The first-order valence-electron chi connectivity index (χ1n) is 9.96. The first kappa shape index (κ1) is 21.4. The van der Waals surface area contributed by atoms with E-state index in [0.29, 0.717) is 12.2 Å². The molecule has 7 heteroatoms. The van der Waals surface area contributed by atoms with Gasteiger partial charge in [-0.05, 0) is 59.9 Å². The Morgan fingerprint density at radius 3 is 2.73 bits per heavy atom. The van der Waals surface area contributed by atoms with E-state index in [1.54, 1.807) is 11.3 Å². The second kappa shape index (κ2) is 9.56. The number of carbonyl (C=O) groups is 1. The highest BCUT2D eigenvalue weighted by atomic mass is 35.5. The maximum absolute atomic E-state index is 10.7. The molecule has 2 heterocycles. The van der Waals surface area contributed by atoms with Crippen molar-refractivity contribution in [1.82, 2.24) is 4.90 Å². The van der Waals surface area contributed by atoms with E-state index in [4.69, 9.17) is 33.0 Å². The Kier molecular flexibility index (Phi) is 6.84. The van der Waals surface area contributed by atoms with Crippen LogP contribution in [0.2, 0.25) is 0 Å². The molecule has 1 aromatic heterocycles. The van der Waals surface area contributed by atoms with E-state index in [1.807, 2.05) is 24.3 Å². The Bertz CT molecular complexity index is 998. The normalized spacial score (nSPS) is 19.5. The number of carboxylic acid groups (broad SMARTS) is 1. The molecule has 1 aromatic carbocycles. The van der Waals surface area contributed by atoms with Gasteiger partial charge < -0.3 is 9.84 Å². The number of fused-ring (bicyclic) bond motifs is 1. The van der Waals surface area contributed by atoms with Gasteiger partial charge in [0.1, 0.15) is 5.75 Å². The highest BCUT2D eigenvalue weighted by Crippen LogP contribution is 2.36. The second-order valence-corrected chi connectivity index (χ2v) is 9.74. The molecule has 2 aromatic rings. The quantitative estimate of drug-likeness (QED) is 0.588. The summed E-state index contributed by atoms with van der Waals surface area (Å²) in [6.07, 6.45) is 6.56. The van der Waals surface area contributed by atoms with Crippen LogP contribution in [0.25, 0.3) is 5.57 Å². The fourth-order valence-corrected chi connectivity index (χ4v) is 5.70. The van der Waals surface area contributed by atoms with Crippen LogP contribution in [-0.2, 0) is 24.2 Å². The van der Waals surface area contributed by atoms with Crippen molar-refractivity contribution in [3.05, 3.63) is 68.4 Å². The molecule has 0 bridgehead atoms. The third-order valence-electron chi connectivity index (χ3n) is 5.42. The Morgan fingerprint density at radius 1 is 1.17 bits per heavy atom. The number of rotatable bonds is 6. The van der Waals surface area contributed by atoms with Crippen LogP contribution in [0.15, 0.2) is 47.5 Å². The van der Waals surface area contributed by atoms with E-state index in [-0.39, 0.29) is 12.0 Å². The lowest BCUT2D eigenvalue weighted by Gasteiger charge is -2.19. The summed E-state index contributed by atoms with van der Waals surface area (Å²) in [4.78, 5) is 15.7. The zero-order valence-electron chi connectivity index (χ0n) is 16.4. The Labute approximate surface area is 190 Å². The van der Waals surface area contributed by atoms with Crippen molar-refractivity contribution < 1.29 is 14.6 Å². The molecule has 0 radical (unpaired) electrons. The average molecular weight is 464 g/mol. The van der Waals surface area contributed by atoms with Crippen molar-refractivity contribution in [2.24, 2.45) is 0 Å². The minimum Gasteiger partial charge on any atom is -0.482 e. The van der Waals surface area contributed by atoms with E-state index in [9.17, 15) is 4.79 Å². The standard InChI is InChI=1S/C23H23Cl2NO3S/c24-17-2-5-20(21(25)12-17)22-6-4-19(30-22)13-26-9-7-15-1-3-18(29-14-23(27)28)11-16(15)8-10-26/h1-6,11,21H,7-10,12-14H2,(H,27,28)/t21-/m0/s1. The molecule has 0 amide bonds. The van der Waals surface area contributed by atoms with Gasteiger partial charge in [0, 0.05) is 40.8 Å². The number of thiophene rings is 1. The Morgan fingerprint density at radius 2 is 1.97 bits per heavy atom. The van der Waals surface area contributed by atoms with E-state index in [2.05, 4.69) is 23.1 Å². The lowest BCUT2D eigenvalue weighted by Crippen LogP contribution is -2.25. The van der Waals surface area contributed by atoms with Crippen LogP contribution in [0.3, 0.4) is 0 Å². The molecule has 30 heavy (non-hydrogen) atoms. The van der Waals surface area contributed by atoms with Gasteiger partial charge >= 0.3 is 5.97 Å². The molecule has 1 atom stereocenters. The summed E-state index contributed by atoms with van der Waals surface area (Å²) in [5.74, 6) is -0.340. The molecule has 0 saturated carbocycles. The number of carboxylic acids is 1. The Balaban J connectivity index is 1.39. The maximum atomic E-state index is 10.7. The van der Waals surface area contributed by atoms with Crippen LogP contribution in [0.1, 0.15) is 27.3 Å². The Hall–Kier alpha value is -1.79. The van der Waals surface area contributed by atoms with Crippen molar-refractivity contribution in [2.75, 3.05) is 19.7 Å². The summed E-state index contributed by atoms with van der Waals surface area (Å²) in [7, 11) is 0. The number of halogens is 2. The highest BCUT2D eigenvalue weighted by Gasteiger charge is 2.20. The molecular weight excluding hydrogens is 441 g/mol. The van der Waals surface area contributed by atoms with Gasteiger partial charge in [0.2, 0.25) is 0 Å². The number of aliphatic carboxylic acids is 1. The first-order valence-corrected chi connectivity index (χ1v) is 11.6. The van der Waals surface area contributed by atoms with Gasteiger partial charge in [0.25, 0.3) is 0 Å². The topological polar surface area (TPSA) is 49.8 Å². The summed E-state index contributed by atoms with van der Waals surface area (Å²) in [6, 6.07) is 10.3. The molecular formula is C23H23Cl2NO3S. The van der Waals surface area contributed by atoms with Crippen LogP contribution in [0.4, 0.5) is 0 Å². The van der Waals surface area contributed by atoms with Crippen LogP contribution >= 0.6 is 34.5 Å². The SMILES string of the molecule is O=C(O)COc1ccc2c(c1)CCN(Cc1ccc(C3=CC=C(Cl)C[C@@H]3Cl)s1)CC2. The molecule has 1 aliphatic heterocycles. The van der Waals surface area contributed by atoms with Gasteiger partial charge in [0.15, 0.2) is 6.61 Å². The van der Waals surface area contributed by atoms with Gasteiger partial charge in [-0.15, -0.1) is 22.9 Å². The third-order valence-corrected chi connectivity index (χ3v) is 7.20. The molecule has 0 saturated heterocycles.